The van der Waals surface area contributed by atoms with E-state index in [2.05, 4.69) is 0 Å². The lowest BCUT2D eigenvalue weighted by Gasteiger charge is -2.40. The number of aliphatic hydroxyl groups excluding tert-OH is 3. The van der Waals surface area contributed by atoms with Crippen LogP contribution in [0.3, 0.4) is 0 Å². The highest BCUT2D eigenvalue weighted by Crippen LogP contribution is 2.28. The molecule has 184 valence electrons. The Morgan fingerprint density at radius 1 is 0.853 bits per heavy atom. The largest absolute Gasteiger partial charge is 0.466 e. The number of carbonyl (C=O) groups excluding carboxylic acids is 2. The van der Waals surface area contributed by atoms with Gasteiger partial charge in [-0.25, -0.2) is 0 Å². The molecule has 0 aliphatic carbocycles. The smallest absolute Gasteiger partial charge is 0.302 e. The maximum Gasteiger partial charge on any atom is 0.302 e. The van der Waals surface area contributed by atoms with Gasteiger partial charge in [0.1, 0.15) is 36.8 Å². The van der Waals surface area contributed by atoms with Crippen molar-refractivity contribution in [3.05, 3.63) is 65.2 Å². The van der Waals surface area contributed by atoms with E-state index >= 15 is 0 Å². The normalized spacial score (nSPS) is 24.3. The minimum absolute atomic E-state index is 0.286. The molecule has 9 nitrogen and oxygen atoms in total. The van der Waals surface area contributed by atoms with Crippen LogP contribution in [0.2, 0.25) is 0 Å². The van der Waals surface area contributed by atoms with Crippen LogP contribution in [-0.2, 0) is 36.6 Å². The van der Waals surface area contributed by atoms with Gasteiger partial charge in [-0.05, 0) is 22.8 Å². The Hall–Kier alpha value is -2.98. The Kier molecular flexibility index (Phi) is 9.00. The molecule has 9 heteroatoms. The van der Waals surface area contributed by atoms with Gasteiger partial charge in [0.05, 0.1) is 6.61 Å². The van der Waals surface area contributed by atoms with Crippen LogP contribution < -0.4 is 4.74 Å². The minimum atomic E-state index is -1.54. The predicted octanol–water partition coefficient (Wildman–Crippen LogP) is 1.13. The molecule has 2 aromatic carbocycles. The number of rotatable bonds is 9. The van der Waals surface area contributed by atoms with Crippen molar-refractivity contribution in [1.29, 1.82) is 0 Å². The van der Waals surface area contributed by atoms with E-state index in [0.29, 0.717) is 25.2 Å². The van der Waals surface area contributed by atoms with Gasteiger partial charge in [-0.2, -0.15) is 0 Å². The molecule has 1 unspecified atom stereocenters. The molecule has 1 heterocycles. The SMILES string of the molecule is CC(=O)OCCc1ccc(Cc2ccccc2OC2O[C@H](COC(C)=O)[C@@H](O)[C@H](O)[C@H]2O)cc1. The molecule has 1 aliphatic rings. The van der Waals surface area contributed by atoms with Crippen LogP contribution in [-0.4, -0.2) is 71.2 Å². The van der Waals surface area contributed by atoms with E-state index in [0.717, 1.165) is 16.7 Å². The van der Waals surface area contributed by atoms with Crippen LogP contribution in [0.5, 0.6) is 5.75 Å². The maximum atomic E-state index is 11.1. The molecule has 5 atom stereocenters. The van der Waals surface area contributed by atoms with Gasteiger partial charge in [-0.3, -0.25) is 9.59 Å². The molecule has 0 spiro atoms. The summed E-state index contributed by atoms with van der Waals surface area (Å²) in [4.78, 5) is 22.0. The molecule has 0 radical (unpaired) electrons. The van der Waals surface area contributed by atoms with Crippen molar-refractivity contribution in [3.8, 4) is 5.75 Å². The van der Waals surface area contributed by atoms with Crippen molar-refractivity contribution in [3.63, 3.8) is 0 Å². The summed E-state index contributed by atoms with van der Waals surface area (Å²) >= 11 is 0. The highest BCUT2D eigenvalue weighted by molar-refractivity contribution is 5.66. The molecule has 1 saturated heterocycles. The molecule has 2 aromatic rings. The van der Waals surface area contributed by atoms with E-state index in [1.54, 1.807) is 12.1 Å². The fourth-order valence-electron chi connectivity index (χ4n) is 3.60. The summed E-state index contributed by atoms with van der Waals surface area (Å²) in [5, 5.41) is 30.8. The molecule has 0 bridgehead atoms. The van der Waals surface area contributed by atoms with E-state index in [4.69, 9.17) is 18.9 Å². The number of hydrogen-bond acceptors (Lipinski definition) is 9. The monoisotopic (exact) mass is 474 g/mol. The third kappa shape index (κ3) is 7.01. The average molecular weight is 475 g/mol. The lowest BCUT2D eigenvalue weighted by molar-refractivity contribution is -0.278. The van der Waals surface area contributed by atoms with E-state index in [1.807, 2.05) is 36.4 Å². The lowest BCUT2D eigenvalue weighted by atomic mass is 9.99. The third-order valence-corrected chi connectivity index (χ3v) is 5.45. The first-order chi connectivity index (χ1) is 16.2. The summed E-state index contributed by atoms with van der Waals surface area (Å²) < 4.78 is 21.4. The Morgan fingerprint density at radius 3 is 2.18 bits per heavy atom. The van der Waals surface area contributed by atoms with Gasteiger partial charge in [0.25, 0.3) is 0 Å². The number of carbonyl (C=O) groups is 2. The zero-order valence-electron chi connectivity index (χ0n) is 19.1. The molecule has 0 amide bonds. The first-order valence-corrected chi connectivity index (χ1v) is 11.0. The zero-order valence-corrected chi connectivity index (χ0v) is 19.1. The first kappa shape index (κ1) is 25.6. The summed E-state index contributed by atoms with van der Waals surface area (Å²) in [7, 11) is 0. The van der Waals surface area contributed by atoms with Gasteiger partial charge in [0.15, 0.2) is 0 Å². The fraction of sp³-hybridized carbons (Fsp3) is 0.440. The number of esters is 2. The van der Waals surface area contributed by atoms with Crippen molar-refractivity contribution in [2.45, 2.75) is 57.4 Å². The van der Waals surface area contributed by atoms with Crippen molar-refractivity contribution >= 4 is 11.9 Å². The van der Waals surface area contributed by atoms with Gasteiger partial charge < -0.3 is 34.3 Å². The predicted molar refractivity (Wildman–Crippen MR) is 120 cm³/mol. The van der Waals surface area contributed by atoms with Crippen LogP contribution in [0.15, 0.2) is 48.5 Å². The zero-order chi connectivity index (χ0) is 24.7. The van der Waals surface area contributed by atoms with Crippen molar-refractivity contribution in [2.75, 3.05) is 13.2 Å². The summed E-state index contributed by atoms with van der Waals surface area (Å²) in [6.45, 7) is 2.64. The fourth-order valence-corrected chi connectivity index (χ4v) is 3.60. The number of aliphatic hydroxyl groups is 3. The van der Waals surface area contributed by atoms with Crippen LogP contribution in [0, 0.1) is 0 Å². The second-order valence-electron chi connectivity index (χ2n) is 8.13. The summed E-state index contributed by atoms with van der Waals surface area (Å²) in [6.07, 6.45) is -5.66. The quantitative estimate of drug-likeness (QED) is 0.458. The molecule has 3 rings (SSSR count). The lowest BCUT2D eigenvalue weighted by Crippen LogP contribution is -2.60. The van der Waals surface area contributed by atoms with Crippen molar-refractivity contribution in [2.24, 2.45) is 0 Å². The molecule has 0 aromatic heterocycles. The van der Waals surface area contributed by atoms with Gasteiger partial charge >= 0.3 is 11.9 Å². The highest BCUT2D eigenvalue weighted by atomic mass is 16.7. The van der Waals surface area contributed by atoms with Crippen molar-refractivity contribution in [1.82, 2.24) is 0 Å². The number of ether oxygens (including phenoxy) is 4. The molecule has 1 aliphatic heterocycles. The highest BCUT2D eigenvalue weighted by Gasteiger charge is 2.45. The van der Waals surface area contributed by atoms with E-state index < -0.39 is 36.7 Å². The molecule has 34 heavy (non-hydrogen) atoms. The topological polar surface area (TPSA) is 132 Å². The van der Waals surface area contributed by atoms with E-state index in [9.17, 15) is 24.9 Å². The van der Waals surface area contributed by atoms with Gasteiger partial charge in [-0.1, -0.05) is 42.5 Å². The Balaban J connectivity index is 1.67. The summed E-state index contributed by atoms with van der Waals surface area (Å²) in [5.74, 6) is -0.419. The Bertz CT molecular complexity index is 959. The second kappa shape index (κ2) is 11.9. The molecule has 0 saturated carbocycles. The standard InChI is InChI=1S/C25H30O9/c1-15(26)31-12-11-17-7-9-18(10-8-17)13-19-5-3-4-6-20(19)33-25-24(30)23(29)22(28)21(34-25)14-32-16(2)27/h3-10,21-25,28-30H,11-14H2,1-2H3/t21-,22-,23+,24-,25?/m1/s1. The molecular weight excluding hydrogens is 444 g/mol. The van der Waals surface area contributed by atoms with Gasteiger partial charge in [-0.15, -0.1) is 0 Å². The maximum absolute atomic E-state index is 11.1. The van der Waals surface area contributed by atoms with Gasteiger partial charge in [0.2, 0.25) is 6.29 Å². The average Bonchev–Trinajstić information content (AvgIpc) is 2.80. The molecule has 3 N–H and O–H groups in total. The van der Waals surface area contributed by atoms with E-state index in [1.165, 1.54) is 13.8 Å². The Labute approximate surface area is 197 Å². The third-order valence-electron chi connectivity index (χ3n) is 5.45. The summed E-state index contributed by atoms with van der Waals surface area (Å²) in [5.41, 5.74) is 2.88. The summed E-state index contributed by atoms with van der Waals surface area (Å²) in [6, 6.07) is 15.1. The first-order valence-electron chi connectivity index (χ1n) is 11.0. The van der Waals surface area contributed by atoms with Crippen LogP contribution in [0.4, 0.5) is 0 Å². The molecule has 1 fully saturated rings. The van der Waals surface area contributed by atoms with Crippen molar-refractivity contribution < 1.29 is 43.9 Å². The number of hydrogen-bond donors (Lipinski definition) is 3. The number of para-hydroxylation sites is 1. The van der Waals surface area contributed by atoms with E-state index in [-0.39, 0.29) is 12.6 Å². The minimum Gasteiger partial charge on any atom is -0.466 e. The number of benzene rings is 2. The Morgan fingerprint density at radius 2 is 1.50 bits per heavy atom. The molecular formula is C25H30O9. The second-order valence-corrected chi connectivity index (χ2v) is 8.13. The van der Waals surface area contributed by atoms with Crippen LogP contribution in [0.25, 0.3) is 0 Å². The van der Waals surface area contributed by atoms with Gasteiger partial charge in [0, 0.05) is 26.7 Å². The van der Waals surface area contributed by atoms with Crippen LogP contribution >= 0.6 is 0 Å². The van der Waals surface area contributed by atoms with Crippen LogP contribution in [0.1, 0.15) is 30.5 Å².